The lowest BCUT2D eigenvalue weighted by Gasteiger charge is -2.27. The number of amides is 1. The van der Waals surface area contributed by atoms with Crippen molar-refractivity contribution in [1.82, 2.24) is 10.2 Å². The molecule has 0 aromatic heterocycles. The fourth-order valence-electron chi connectivity index (χ4n) is 2.96. The molecule has 0 aliphatic carbocycles. The van der Waals surface area contributed by atoms with Gasteiger partial charge in [0.25, 0.3) is 0 Å². The van der Waals surface area contributed by atoms with E-state index in [9.17, 15) is 9.18 Å². The highest BCUT2D eigenvalue weighted by atomic mass is 19.1. The summed E-state index contributed by atoms with van der Waals surface area (Å²) >= 11 is 0. The third-order valence-corrected chi connectivity index (χ3v) is 3.95. The summed E-state index contributed by atoms with van der Waals surface area (Å²) in [7, 11) is 1.58. The molecule has 2 atom stereocenters. The van der Waals surface area contributed by atoms with Gasteiger partial charge in [-0.2, -0.15) is 0 Å². The molecule has 3 rings (SSSR count). The van der Waals surface area contributed by atoms with Crippen LogP contribution in [0.1, 0.15) is 5.56 Å². The molecule has 0 saturated carbocycles. The standard InChI is InChI=1S/C15H19FN2O3/c1-20-14-3-2-12(16)4-10(14)5-18-6-11-8-21-9-13(7-18)17-15(11)19/h2-4,11,13H,5-9H2,1H3,(H,17,19)/t11-,13+/m1/s1. The molecule has 2 aliphatic heterocycles. The van der Waals surface area contributed by atoms with E-state index in [4.69, 9.17) is 9.47 Å². The first-order chi connectivity index (χ1) is 10.2. The molecule has 2 aliphatic rings. The molecule has 1 aromatic rings. The first kappa shape index (κ1) is 14.3. The number of hydrogen-bond acceptors (Lipinski definition) is 4. The van der Waals surface area contributed by atoms with E-state index in [0.29, 0.717) is 38.6 Å². The highest BCUT2D eigenvalue weighted by molar-refractivity contribution is 5.79. The zero-order chi connectivity index (χ0) is 14.8. The fraction of sp³-hybridized carbons (Fsp3) is 0.533. The van der Waals surface area contributed by atoms with Gasteiger partial charge in [0, 0.05) is 25.2 Å². The molecule has 0 spiro atoms. The first-order valence-electron chi connectivity index (χ1n) is 7.08. The molecular weight excluding hydrogens is 275 g/mol. The average Bonchev–Trinajstić information content (AvgIpc) is 2.68. The quantitative estimate of drug-likeness (QED) is 0.895. The smallest absolute Gasteiger partial charge is 0.227 e. The van der Waals surface area contributed by atoms with E-state index in [-0.39, 0.29) is 23.7 Å². The van der Waals surface area contributed by atoms with E-state index in [1.165, 1.54) is 12.1 Å². The minimum absolute atomic E-state index is 0.00967. The Hall–Kier alpha value is -1.66. The number of nitrogens with zero attached hydrogens (tertiary/aromatic N) is 1. The number of nitrogens with one attached hydrogen (secondary N) is 1. The number of rotatable bonds is 3. The van der Waals surface area contributed by atoms with Crippen LogP contribution in [0.4, 0.5) is 4.39 Å². The van der Waals surface area contributed by atoms with Gasteiger partial charge in [-0.25, -0.2) is 4.39 Å². The Morgan fingerprint density at radius 2 is 2.29 bits per heavy atom. The van der Waals surface area contributed by atoms with Crippen LogP contribution >= 0.6 is 0 Å². The number of carbonyl (C=O) groups is 1. The van der Waals surface area contributed by atoms with Crippen molar-refractivity contribution in [3.8, 4) is 5.75 Å². The molecule has 2 fully saturated rings. The molecule has 114 valence electrons. The molecule has 5 nitrogen and oxygen atoms in total. The van der Waals surface area contributed by atoms with Crippen molar-refractivity contribution in [2.45, 2.75) is 12.6 Å². The summed E-state index contributed by atoms with van der Waals surface area (Å²) < 4.78 is 24.2. The van der Waals surface area contributed by atoms with E-state index in [1.54, 1.807) is 13.2 Å². The summed E-state index contributed by atoms with van der Waals surface area (Å²) in [5.74, 6) is 0.267. The Balaban J connectivity index is 1.79. The van der Waals surface area contributed by atoms with Crippen molar-refractivity contribution >= 4 is 5.91 Å². The summed E-state index contributed by atoms with van der Waals surface area (Å²) in [5, 5.41) is 2.99. The van der Waals surface area contributed by atoms with E-state index in [1.807, 2.05) is 0 Å². The average molecular weight is 294 g/mol. The molecule has 21 heavy (non-hydrogen) atoms. The van der Waals surface area contributed by atoms with Crippen LogP contribution in [0.25, 0.3) is 0 Å². The number of methoxy groups -OCH3 is 1. The van der Waals surface area contributed by atoms with Crippen molar-refractivity contribution in [2.24, 2.45) is 5.92 Å². The van der Waals surface area contributed by atoms with Crippen LogP contribution in [-0.4, -0.2) is 50.3 Å². The van der Waals surface area contributed by atoms with Crippen LogP contribution in [0.15, 0.2) is 18.2 Å². The lowest BCUT2D eigenvalue weighted by molar-refractivity contribution is -0.125. The number of halogens is 1. The number of ether oxygens (including phenoxy) is 2. The fourth-order valence-corrected chi connectivity index (χ4v) is 2.96. The number of fused-ring (bicyclic) bond motifs is 3. The highest BCUT2D eigenvalue weighted by Gasteiger charge is 2.33. The van der Waals surface area contributed by atoms with Crippen molar-refractivity contribution in [3.63, 3.8) is 0 Å². The van der Waals surface area contributed by atoms with Gasteiger partial charge in [0.2, 0.25) is 5.91 Å². The summed E-state index contributed by atoms with van der Waals surface area (Å²) in [4.78, 5) is 14.1. The number of carbonyl (C=O) groups excluding carboxylic acids is 1. The SMILES string of the molecule is COc1ccc(F)cc1CN1C[C@H]2COC[C@@H](C1)C(=O)N2. The van der Waals surface area contributed by atoms with Gasteiger partial charge in [0.1, 0.15) is 11.6 Å². The zero-order valence-corrected chi connectivity index (χ0v) is 12.0. The van der Waals surface area contributed by atoms with Gasteiger partial charge < -0.3 is 14.8 Å². The number of hydrogen-bond donors (Lipinski definition) is 1. The molecule has 1 aromatic carbocycles. The van der Waals surface area contributed by atoms with Crippen LogP contribution in [0.2, 0.25) is 0 Å². The second-order valence-electron chi connectivity index (χ2n) is 5.59. The van der Waals surface area contributed by atoms with E-state index < -0.39 is 0 Å². The van der Waals surface area contributed by atoms with Gasteiger partial charge in [-0.15, -0.1) is 0 Å². The Morgan fingerprint density at radius 3 is 3.10 bits per heavy atom. The largest absolute Gasteiger partial charge is 0.496 e. The summed E-state index contributed by atoms with van der Waals surface area (Å²) in [5.41, 5.74) is 0.797. The van der Waals surface area contributed by atoms with Crippen molar-refractivity contribution in [3.05, 3.63) is 29.6 Å². The summed E-state index contributed by atoms with van der Waals surface area (Å²) in [6.07, 6.45) is 0. The molecule has 2 heterocycles. The van der Waals surface area contributed by atoms with Crippen LogP contribution < -0.4 is 10.1 Å². The van der Waals surface area contributed by atoms with Gasteiger partial charge in [0.05, 0.1) is 32.3 Å². The predicted molar refractivity (Wildman–Crippen MR) is 74.5 cm³/mol. The maximum atomic E-state index is 13.5. The normalized spacial score (nSPS) is 26.1. The van der Waals surface area contributed by atoms with E-state index in [0.717, 1.165) is 5.56 Å². The van der Waals surface area contributed by atoms with Gasteiger partial charge in [0.15, 0.2) is 0 Å². The second-order valence-corrected chi connectivity index (χ2v) is 5.59. The summed E-state index contributed by atoms with van der Waals surface area (Å²) in [6.45, 7) is 2.84. The Morgan fingerprint density at radius 1 is 1.43 bits per heavy atom. The topological polar surface area (TPSA) is 50.8 Å². The molecule has 2 bridgehead atoms. The second kappa shape index (κ2) is 5.99. The molecule has 0 unspecified atom stereocenters. The minimum Gasteiger partial charge on any atom is -0.496 e. The van der Waals surface area contributed by atoms with Crippen molar-refractivity contribution in [2.75, 3.05) is 33.4 Å². The zero-order valence-electron chi connectivity index (χ0n) is 12.0. The molecule has 1 amide bonds. The van der Waals surface area contributed by atoms with Crippen LogP contribution in [-0.2, 0) is 16.1 Å². The Kier molecular flexibility index (Phi) is 4.07. The monoisotopic (exact) mass is 294 g/mol. The van der Waals surface area contributed by atoms with E-state index >= 15 is 0 Å². The van der Waals surface area contributed by atoms with Crippen LogP contribution in [0.5, 0.6) is 5.75 Å². The van der Waals surface area contributed by atoms with Crippen LogP contribution in [0, 0.1) is 11.7 Å². The Labute approximate surface area is 123 Å². The molecular formula is C15H19FN2O3. The van der Waals surface area contributed by atoms with E-state index in [2.05, 4.69) is 10.2 Å². The van der Waals surface area contributed by atoms with Gasteiger partial charge >= 0.3 is 0 Å². The highest BCUT2D eigenvalue weighted by Crippen LogP contribution is 2.23. The maximum Gasteiger partial charge on any atom is 0.227 e. The Bertz CT molecular complexity index is 538. The van der Waals surface area contributed by atoms with Crippen molar-refractivity contribution < 1.29 is 18.7 Å². The molecule has 1 N–H and O–H groups in total. The summed E-state index contributed by atoms with van der Waals surface area (Å²) in [6, 6.07) is 4.50. The van der Waals surface area contributed by atoms with Gasteiger partial charge in [-0.1, -0.05) is 0 Å². The third-order valence-electron chi connectivity index (χ3n) is 3.95. The van der Waals surface area contributed by atoms with Gasteiger partial charge in [-0.3, -0.25) is 9.69 Å². The van der Waals surface area contributed by atoms with Crippen molar-refractivity contribution in [1.29, 1.82) is 0 Å². The lowest BCUT2D eigenvalue weighted by atomic mass is 10.1. The van der Waals surface area contributed by atoms with Gasteiger partial charge in [-0.05, 0) is 18.2 Å². The maximum absolute atomic E-state index is 13.5. The molecule has 0 radical (unpaired) electrons. The molecule has 6 heteroatoms. The first-order valence-corrected chi connectivity index (χ1v) is 7.08. The van der Waals surface area contributed by atoms with Crippen LogP contribution in [0.3, 0.4) is 0 Å². The minimum atomic E-state index is -0.279. The number of benzene rings is 1. The third kappa shape index (κ3) is 3.16. The molecule has 2 saturated heterocycles. The predicted octanol–water partition coefficient (Wildman–Crippen LogP) is 0.781. The lowest BCUT2D eigenvalue weighted by Crippen LogP contribution is -2.41.